The standard InChI is InChI=1S/C6H9N3O3/c1-5(4-10)8-3-2-6(7-8)9(11)12/h2-3,5,10H,4H2,1H3/t5-/m1/s1. The lowest BCUT2D eigenvalue weighted by Crippen LogP contribution is -2.09. The normalized spacial score (nSPS) is 12.8. The minimum Gasteiger partial charge on any atom is -0.394 e. The summed E-state index contributed by atoms with van der Waals surface area (Å²) in [7, 11) is 0. The molecule has 0 aliphatic heterocycles. The number of rotatable bonds is 3. The van der Waals surface area contributed by atoms with Gasteiger partial charge in [-0.15, -0.1) is 0 Å². The molecular weight excluding hydrogens is 162 g/mol. The quantitative estimate of drug-likeness (QED) is 0.525. The maximum absolute atomic E-state index is 10.2. The fraction of sp³-hybridized carbons (Fsp3) is 0.500. The Labute approximate surface area is 68.6 Å². The lowest BCUT2D eigenvalue weighted by atomic mass is 10.4. The zero-order chi connectivity index (χ0) is 9.14. The van der Waals surface area contributed by atoms with Gasteiger partial charge < -0.3 is 15.2 Å². The maximum atomic E-state index is 10.2. The summed E-state index contributed by atoms with van der Waals surface area (Å²) in [5, 5.41) is 22.5. The fourth-order valence-electron chi connectivity index (χ4n) is 0.755. The van der Waals surface area contributed by atoms with Gasteiger partial charge in [-0.1, -0.05) is 0 Å². The minimum absolute atomic E-state index is 0.0845. The first kappa shape index (κ1) is 8.66. The summed E-state index contributed by atoms with van der Waals surface area (Å²) in [4.78, 5) is 9.62. The molecule has 0 fully saturated rings. The molecule has 0 bridgehead atoms. The Hall–Kier alpha value is -1.43. The molecule has 12 heavy (non-hydrogen) atoms. The smallest absolute Gasteiger partial charge is 0.389 e. The van der Waals surface area contributed by atoms with E-state index in [0.29, 0.717) is 0 Å². The molecule has 0 spiro atoms. The first-order chi connectivity index (χ1) is 5.65. The summed E-state index contributed by atoms with van der Waals surface area (Å²) in [6, 6.07) is 1.07. The molecule has 1 aromatic rings. The largest absolute Gasteiger partial charge is 0.394 e. The number of nitro groups is 1. The number of hydrogen-bond donors (Lipinski definition) is 1. The van der Waals surface area contributed by atoms with Crippen molar-refractivity contribution in [2.24, 2.45) is 0 Å². The second-order valence-corrected chi connectivity index (χ2v) is 2.44. The van der Waals surface area contributed by atoms with Crippen LogP contribution >= 0.6 is 0 Å². The minimum atomic E-state index is -0.569. The fourth-order valence-corrected chi connectivity index (χ4v) is 0.755. The van der Waals surface area contributed by atoms with Crippen LogP contribution in [0.5, 0.6) is 0 Å². The van der Waals surface area contributed by atoms with Gasteiger partial charge in [0.05, 0.1) is 30.0 Å². The molecule has 6 nitrogen and oxygen atoms in total. The van der Waals surface area contributed by atoms with Gasteiger partial charge in [-0.25, -0.2) is 0 Å². The summed E-state index contributed by atoms with van der Waals surface area (Å²) in [5.41, 5.74) is 0. The van der Waals surface area contributed by atoms with Gasteiger partial charge in [-0.3, -0.25) is 0 Å². The molecule has 1 N–H and O–H groups in total. The SMILES string of the molecule is C[C@H](CO)n1ccc([N+](=O)[O-])n1. The van der Waals surface area contributed by atoms with Gasteiger partial charge in [0, 0.05) is 0 Å². The van der Waals surface area contributed by atoms with Crippen molar-refractivity contribution in [3.63, 3.8) is 0 Å². The zero-order valence-corrected chi connectivity index (χ0v) is 6.54. The zero-order valence-electron chi connectivity index (χ0n) is 6.54. The van der Waals surface area contributed by atoms with E-state index in [4.69, 9.17) is 5.11 Å². The molecule has 0 saturated heterocycles. The molecule has 6 heteroatoms. The number of aromatic nitrogens is 2. The third kappa shape index (κ3) is 1.59. The summed E-state index contributed by atoms with van der Waals surface area (Å²) in [5.74, 6) is -0.199. The summed E-state index contributed by atoms with van der Waals surface area (Å²) < 4.78 is 1.36. The van der Waals surface area contributed by atoms with Crippen LogP contribution in [0, 0.1) is 10.1 Å². The van der Waals surface area contributed by atoms with E-state index in [1.54, 1.807) is 6.92 Å². The van der Waals surface area contributed by atoms with Gasteiger partial charge in [-0.05, 0) is 11.8 Å². The Kier molecular flexibility index (Phi) is 2.39. The Morgan fingerprint density at radius 2 is 2.58 bits per heavy atom. The van der Waals surface area contributed by atoms with Crippen LogP contribution in [0.2, 0.25) is 0 Å². The number of hydrogen-bond acceptors (Lipinski definition) is 4. The lowest BCUT2D eigenvalue weighted by molar-refractivity contribution is -0.389. The third-order valence-electron chi connectivity index (χ3n) is 1.50. The molecule has 0 aliphatic rings. The van der Waals surface area contributed by atoms with Crippen LogP contribution in [0.3, 0.4) is 0 Å². The van der Waals surface area contributed by atoms with E-state index in [2.05, 4.69) is 5.10 Å². The number of aliphatic hydroxyl groups excluding tert-OH is 1. The van der Waals surface area contributed by atoms with Crippen molar-refractivity contribution in [1.29, 1.82) is 0 Å². The molecule has 0 saturated carbocycles. The van der Waals surface area contributed by atoms with Crippen molar-refractivity contribution in [2.45, 2.75) is 13.0 Å². The van der Waals surface area contributed by atoms with Gasteiger partial charge in [0.2, 0.25) is 0 Å². The highest BCUT2D eigenvalue weighted by molar-refractivity contribution is 5.14. The van der Waals surface area contributed by atoms with Crippen LogP contribution < -0.4 is 0 Å². The van der Waals surface area contributed by atoms with Gasteiger partial charge in [0.25, 0.3) is 0 Å². The van der Waals surface area contributed by atoms with E-state index >= 15 is 0 Å². The molecular formula is C6H9N3O3. The average Bonchev–Trinajstić information content (AvgIpc) is 2.51. The second kappa shape index (κ2) is 3.31. The molecule has 66 valence electrons. The number of nitrogens with zero attached hydrogens (tertiary/aromatic N) is 3. The molecule has 1 atom stereocenters. The van der Waals surface area contributed by atoms with Crippen molar-refractivity contribution in [3.05, 3.63) is 22.4 Å². The van der Waals surface area contributed by atoms with E-state index in [-0.39, 0.29) is 18.5 Å². The monoisotopic (exact) mass is 171 g/mol. The molecule has 0 aromatic carbocycles. The topological polar surface area (TPSA) is 81.2 Å². The van der Waals surface area contributed by atoms with Crippen molar-refractivity contribution in [1.82, 2.24) is 9.78 Å². The second-order valence-electron chi connectivity index (χ2n) is 2.44. The van der Waals surface area contributed by atoms with Gasteiger partial charge in [0.1, 0.15) is 0 Å². The molecule has 0 unspecified atom stereocenters. The highest BCUT2D eigenvalue weighted by Crippen LogP contribution is 2.09. The van der Waals surface area contributed by atoms with Crippen LogP contribution in [-0.2, 0) is 0 Å². The predicted octanol–water partition coefficient (Wildman–Crippen LogP) is 0.345. The lowest BCUT2D eigenvalue weighted by Gasteiger charge is -2.01. The summed E-state index contributed by atoms with van der Waals surface area (Å²) in [6.45, 7) is 1.63. The van der Waals surface area contributed by atoms with E-state index in [9.17, 15) is 10.1 Å². The Bertz CT molecular complexity index is 283. The average molecular weight is 171 g/mol. The molecule has 0 amide bonds. The number of aliphatic hydroxyl groups is 1. The van der Waals surface area contributed by atoms with Crippen molar-refractivity contribution >= 4 is 5.82 Å². The van der Waals surface area contributed by atoms with E-state index in [1.165, 1.54) is 16.9 Å². The highest BCUT2D eigenvalue weighted by Gasteiger charge is 2.14. The van der Waals surface area contributed by atoms with E-state index in [1.807, 2.05) is 0 Å². The van der Waals surface area contributed by atoms with E-state index in [0.717, 1.165) is 0 Å². The van der Waals surface area contributed by atoms with Gasteiger partial charge >= 0.3 is 5.82 Å². The summed E-state index contributed by atoms with van der Waals surface area (Å²) >= 11 is 0. The summed E-state index contributed by atoms with van der Waals surface area (Å²) in [6.07, 6.45) is 1.47. The maximum Gasteiger partial charge on any atom is 0.389 e. The Morgan fingerprint density at radius 1 is 1.92 bits per heavy atom. The molecule has 1 heterocycles. The molecule has 1 aromatic heterocycles. The molecule has 1 rings (SSSR count). The van der Waals surface area contributed by atoms with Crippen molar-refractivity contribution in [3.8, 4) is 0 Å². The Morgan fingerprint density at radius 3 is 3.00 bits per heavy atom. The highest BCUT2D eigenvalue weighted by atomic mass is 16.6. The van der Waals surface area contributed by atoms with Crippen LogP contribution in [0.1, 0.15) is 13.0 Å². The predicted molar refractivity (Wildman–Crippen MR) is 40.7 cm³/mol. The first-order valence-corrected chi connectivity index (χ1v) is 3.45. The van der Waals surface area contributed by atoms with Gasteiger partial charge in [-0.2, -0.15) is 4.68 Å². The van der Waals surface area contributed by atoms with Crippen LogP contribution in [0.25, 0.3) is 0 Å². The van der Waals surface area contributed by atoms with Crippen molar-refractivity contribution in [2.75, 3.05) is 6.61 Å². The molecule has 0 aliphatic carbocycles. The Balaban J connectivity index is 2.84. The van der Waals surface area contributed by atoms with Crippen LogP contribution in [0.4, 0.5) is 5.82 Å². The van der Waals surface area contributed by atoms with Gasteiger partial charge in [0.15, 0.2) is 0 Å². The van der Waals surface area contributed by atoms with E-state index < -0.39 is 4.92 Å². The molecule has 0 radical (unpaired) electrons. The third-order valence-corrected chi connectivity index (χ3v) is 1.50. The van der Waals surface area contributed by atoms with Crippen LogP contribution in [0.15, 0.2) is 12.3 Å². The van der Waals surface area contributed by atoms with Crippen LogP contribution in [-0.4, -0.2) is 26.4 Å². The van der Waals surface area contributed by atoms with Crippen molar-refractivity contribution < 1.29 is 10.0 Å². The first-order valence-electron chi connectivity index (χ1n) is 3.45.